The zero-order chi connectivity index (χ0) is 22.4. The maximum Gasteiger partial charge on any atom is 0.762 e. The molecule has 164 valence electrons. The van der Waals surface area contributed by atoms with Crippen LogP contribution in [0.25, 0.3) is 33.8 Å². The minimum Gasteiger partial charge on any atom is -1.00 e. The van der Waals surface area contributed by atoms with E-state index in [0.717, 1.165) is 33.8 Å². The van der Waals surface area contributed by atoms with Crippen LogP contribution in [0.3, 0.4) is 0 Å². The van der Waals surface area contributed by atoms with E-state index < -0.39 is 7.54 Å². The summed E-state index contributed by atoms with van der Waals surface area (Å²) in [7, 11) is -3.67. The summed E-state index contributed by atoms with van der Waals surface area (Å²) in [5, 5.41) is 2.08. The van der Waals surface area contributed by atoms with E-state index in [9.17, 15) is 12.9 Å². The zero-order valence-corrected chi connectivity index (χ0v) is 18.5. The van der Waals surface area contributed by atoms with Gasteiger partial charge in [-0.15, -0.1) is 0 Å². The lowest BCUT2D eigenvalue weighted by atomic mass is 10.0. The summed E-state index contributed by atoms with van der Waals surface area (Å²) in [6, 6.07) is 27.0. The molecule has 3 aromatic carbocycles. The molecule has 1 nitrogen and oxygen atoms in total. The summed E-state index contributed by atoms with van der Waals surface area (Å²) in [5.74, 6) is 1.51. The molecule has 0 bridgehead atoms. The van der Waals surface area contributed by atoms with Gasteiger partial charge in [-0.05, 0) is 66.2 Å². The van der Waals surface area contributed by atoms with Gasteiger partial charge in [-0.2, -0.15) is 0 Å². The predicted molar refractivity (Wildman–Crippen MR) is 124 cm³/mol. The van der Waals surface area contributed by atoms with Crippen molar-refractivity contribution in [3.63, 3.8) is 0 Å². The fraction of sp³-hybridized carbons (Fsp3) is 0. The van der Waals surface area contributed by atoms with E-state index in [1.807, 2.05) is 84.9 Å². The first kappa shape index (κ1) is 25.7. The van der Waals surface area contributed by atoms with Gasteiger partial charge in [0.25, 0.3) is 0 Å². The molecular weight excluding hydrogens is 485 g/mol. The molecule has 0 spiro atoms. The van der Waals surface area contributed by atoms with Crippen LogP contribution in [-0.4, -0.2) is 7.54 Å². The molecule has 4 aromatic rings. The van der Waals surface area contributed by atoms with Crippen LogP contribution in [0.2, 0.25) is 15.1 Å². The standard InChI is InChI=1S/C23H14Cl3O.BF3.FH/c24-19-7-1-15(2-8-19)18-13-22(16-3-9-20(25)10-4-16)27-23(14-18)17-5-11-21(26)12-6-17;2-1(3)4;/h1-14H;;1H/q+1;;/p-1. The van der Waals surface area contributed by atoms with Gasteiger partial charge >= 0.3 is 19.1 Å². The molecule has 0 N–H and O–H groups in total. The smallest absolute Gasteiger partial charge is 0.762 e. The van der Waals surface area contributed by atoms with Gasteiger partial charge < -0.3 is 4.70 Å². The summed E-state index contributed by atoms with van der Waals surface area (Å²) in [5.41, 5.74) is 3.99. The SMILES string of the molecule is Clc1ccc(-c2cc(-c3ccc(Cl)cc3)[o+]c(-c3ccc(Cl)cc3)c2)cc1.FB(F)F.[F-]. The molecular formula is C23H14BCl3F4O. The highest BCUT2D eigenvalue weighted by Crippen LogP contribution is 2.34. The molecule has 0 unspecified atom stereocenters. The molecule has 1 aromatic heterocycles. The van der Waals surface area contributed by atoms with Crippen LogP contribution < -0.4 is 4.70 Å². The van der Waals surface area contributed by atoms with Crippen molar-refractivity contribution in [1.29, 1.82) is 0 Å². The monoisotopic (exact) mass is 498 g/mol. The van der Waals surface area contributed by atoms with Gasteiger partial charge in [0.1, 0.15) is 0 Å². The second-order valence-corrected chi connectivity index (χ2v) is 7.65. The highest BCUT2D eigenvalue weighted by atomic mass is 35.5. The fourth-order valence-electron chi connectivity index (χ4n) is 2.82. The second-order valence-electron chi connectivity index (χ2n) is 6.34. The molecule has 0 fully saturated rings. The molecule has 0 saturated carbocycles. The lowest BCUT2D eigenvalue weighted by Crippen LogP contribution is -3.00. The first-order chi connectivity index (χ1) is 14.8. The molecule has 0 aliphatic rings. The van der Waals surface area contributed by atoms with Gasteiger partial charge in [0, 0.05) is 20.6 Å². The Morgan fingerprint density at radius 2 is 0.781 bits per heavy atom. The molecule has 0 aliphatic carbocycles. The normalized spacial score (nSPS) is 9.94. The van der Waals surface area contributed by atoms with Gasteiger partial charge in [0.05, 0.1) is 23.3 Å². The van der Waals surface area contributed by atoms with Crippen molar-refractivity contribution in [3.8, 4) is 33.8 Å². The summed E-state index contributed by atoms with van der Waals surface area (Å²) in [4.78, 5) is 0. The molecule has 0 saturated heterocycles. The van der Waals surface area contributed by atoms with Crippen LogP contribution in [0.5, 0.6) is 0 Å². The first-order valence-corrected chi connectivity index (χ1v) is 10.1. The van der Waals surface area contributed by atoms with Gasteiger partial charge in [-0.1, -0.05) is 46.9 Å². The highest BCUT2D eigenvalue weighted by Gasteiger charge is 2.20. The minimum atomic E-state index is -3.67. The summed E-state index contributed by atoms with van der Waals surface area (Å²) in [6.45, 7) is 0. The van der Waals surface area contributed by atoms with Crippen LogP contribution in [-0.2, 0) is 0 Å². The second kappa shape index (κ2) is 11.9. The van der Waals surface area contributed by atoms with E-state index in [4.69, 9.17) is 39.2 Å². The minimum absolute atomic E-state index is 0. The topological polar surface area (TPSA) is 11.3 Å². The quantitative estimate of drug-likeness (QED) is 0.180. The number of halogens is 7. The van der Waals surface area contributed by atoms with Crippen molar-refractivity contribution in [2.75, 3.05) is 0 Å². The predicted octanol–water partition coefficient (Wildman–Crippen LogP) is 6.41. The molecule has 0 radical (unpaired) electrons. The van der Waals surface area contributed by atoms with Gasteiger partial charge in [0.15, 0.2) is 0 Å². The Hall–Kier alpha value is -2.54. The summed E-state index contributed by atoms with van der Waals surface area (Å²) in [6.07, 6.45) is 0. The summed E-state index contributed by atoms with van der Waals surface area (Å²) >= 11 is 18.1. The van der Waals surface area contributed by atoms with Crippen molar-refractivity contribution in [1.82, 2.24) is 0 Å². The molecule has 0 aliphatic heterocycles. The molecule has 0 amide bonds. The van der Waals surface area contributed by atoms with E-state index in [0.29, 0.717) is 15.1 Å². The zero-order valence-electron chi connectivity index (χ0n) is 16.2. The van der Waals surface area contributed by atoms with E-state index in [1.54, 1.807) is 0 Å². The number of hydrogen-bond donors (Lipinski definition) is 0. The van der Waals surface area contributed by atoms with Crippen LogP contribution in [0.1, 0.15) is 0 Å². The van der Waals surface area contributed by atoms with Gasteiger partial charge in [-0.3, -0.25) is 12.9 Å². The lowest BCUT2D eigenvalue weighted by molar-refractivity contribution is -0.00000906. The van der Waals surface area contributed by atoms with E-state index in [-0.39, 0.29) is 4.70 Å². The molecule has 1 heterocycles. The van der Waals surface area contributed by atoms with Crippen LogP contribution in [0, 0.1) is 0 Å². The van der Waals surface area contributed by atoms with Crippen molar-refractivity contribution in [2.24, 2.45) is 0 Å². The Morgan fingerprint density at radius 3 is 1.09 bits per heavy atom. The van der Waals surface area contributed by atoms with Crippen LogP contribution in [0.4, 0.5) is 12.9 Å². The Kier molecular flexibility index (Phi) is 9.57. The highest BCUT2D eigenvalue weighted by molar-refractivity contribution is 6.33. The van der Waals surface area contributed by atoms with Crippen molar-refractivity contribution < 1.29 is 22.1 Å². The third-order valence-electron chi connectivity index (χ3n) is 4.23. The van der Waals surface area contributed by atoms with E-state index >= 15 is 0 Å². The Bertz CT molecular complexity index is 983. The van der Waals surface area contributed by atoms with Gasteiger partial charge in [-0.25, -0.2) is 4.42 Å². The summed E-state index contributed by atoms with van der Waals surface area (Å²) < 4.78 is 35.2. The third kappa shape index (κ3) is 7.26. The van der Waals surface area contributed by atoms with E-state index in [2.05, 4.69) is 0 Å². The maximum absolute atomic E-state index is 9.67. The Morgan fingerprint density at radius 1 is 0.500 bits per heavy atom. The first-order valence-electron chi connectivity index (χ1n) is 9.00. The van der Waals surface area contributed by atoms with Crippen molar-refractivity contribution in [3.05, 3.63) is 100.0 Å². The maximum atomic E-state index is 9.67. The van der Waals surface area contributed by atoms with E-state index in [1.165, 1.54) is 0 Å². The van der Waals surface area contributed by atoms with Gasteiger partial charge in [0.2, 0.25) is 0 Å². The molecule has 0 atom stereocenters. The van der Waals surface area contributed by atoms with Crippen molar-refractivity contribution >= 4 is 42.3 Å². The number of rotatable bonds is 3. The third-order valence-corrected chi connectivity index (χ3v) is 4.98. The fourth-order valence-corrected chi connectivity index (χ4v) is 3.20. The van der Waals surface area contributed by atoms with Crippen LogP contribution in [0.15, 0.2) is 89.3 Å². The molecule has 9 heteroatoms. The molecule has 4 rings (SSSR count). The average molecular weight is 500 g/mol. The Labute approximate surface area is 198 Å². The average Bonchev–Trinajstić information content (AvgIpc) is 2.74. The Balaban J connectivity index is 0.000000672. The van der Waals surface area contributed by atoms with Crippen molar-refractivity contribution in [2.45, 2.75) is 0 Å². The molecule has 32 heavy (non-hydrogen) atoms. The number of benzene rings is 3. The lowest BCUT2D eigenvalue weighted by Gasteiger charge is -2.03. The van der Waals surface area contributed by atoms with Crippen LogP contribution >= 0.6 is 34.8 Å². The largest absolute Gasteiger partial charge is 1.00 e. The number of hydrogen-bond acceptors (Lipinski definition) is 0.